The van der Waals surface area contributed by atoms with Crippen LogP contribution in [0.15, 0.2) is 60.7 Å². The van der Waals surface area contributed by atoms with E-state index in [0.717, 1.165) is 23.1 Å². The lowest BCUT2D eigenvalue weighted by atomic mass is 9.97. The second-order valence-corrected chi connectivity index (χ2v) is 7.87. The van der Waals surface area contributed by atoms with Gasteiger partial charge in [-0.3, -0.25) is 4.79 Å². The van der Waals surface area contributed by atoms with E-state index < -0.39 is 0 Å². The monoisotopic (exact) mass is 392 g/mol. The summed E-state index contributed by atoms with van der Waals surface area (Å²) in [6.45, 7) is 4.34. The maximum Gasteiger partial charge on any atom is 0.244 e. The average molecular weight is 393 g/mol. The summed E-state index contributed by atoms with van der Waals surface area (Å²) < 4.78 is 0. The van der Waals surface area contributed by atoms with Crippen molar-refractivity contribution in [3.05, 3.63) is 71.8 Å². The molecule has 1 atom stereocenters. The van der Waals surface area contributed by atoms with Gasteiger partial charge in [0.25, 0.3) is 0 Å². The molecule has 0 heterocycles. The molecule has 0 spiro atoms. The smallest absolute Gasteiger partial charge is 0.244 e. The molecule has 0 saturated carbocycles. The van der Waals surface area contributed by atoms with Crippen molar-refractivity contribution < 1.29 is 4.79 Å². The molecule has 0 aliphatic carbocycles. The van der Waals surface area contributed by atoms with Gasteiger partial charge >= 0.3 is 0 Å². The first-order valence-electron chi connectivity index (χ1n) is 11.0. The Bertz CT molecular complexity index is 750. The van der Waals surface area contributed by atoms with Gasteiger partial charge in [-0.1, -0.05) is 94.3 Å². The van der Waals surface area contributed by atoms with Crippen molar-refractivity contribution in [2.45, 2.75) is 71.3 Å². The van der Waals surface area contributed by atoms with Gasteiger partial charge in [-0.15, -0.1) is 0 Å². The molecule has 1 unspecified atom stereocenters. The molecule has 156 valence electrons. The Balaban J connectivity index is 1.93. The topological polar surface area (TPSA) is 55.1 Å². The van der Waals surface area contributed by atoms with Crippen molar-refractivity contribution in [3.63, 3.8) is 0 Å². The van der Waals surface area contributed by atoms with Crippen LogP contribution in [0, 0.1) is 0 Å². The van der Waals surface area contributed by atoms with E-state index in [2.05, 4.69) is 19.2 Å². The summed E-state index contributed by atoms with van der Waals surface area (Å²) in [5.41, 5.74) is 9.46. The highest BCUT2D eigenvalue weighted by atomic mass is 16.1. The van der Waals surface area contributed by atoms with Crippen LogP contribution in [0.4, 0.5) is 5.69 Å². The minimum atomic E-state index is -0.0453. The molecule has 29 heavy (non-hydrogen) atoms. The van der Waals surface area contributed by atoms with Crippen LogP contribution in [-0.2, 0) is 4.79 Å². The Kier molecular flexibility index (Phi) is 10.1. The number of amides is 1. The maximum absolute atomic E-state index is 12.7. The average Bonchev–Trinajstić information content (AvgIpc) is 2.73. The van der Waals surface area contributed by atoms with E-state index in [1.54, 1.807) is 6.08 Å². The van der Waals surface area contributed by atoms with Crippen molar-refractivity contribution in [2.24, 2.45) is 0 Å². The summed E-state index contributed by atoms with van der Waals surface area (Å²) in [6, 6.07) is 17.8. The van der Waals surface area contributed by atoms with Gasteiger partial charge in [0.15, 0.2) is 0 Å². The summed E-state index contributed by atoms with van der Waals surface area (Å²) in [5, 5.41) is 3.13. The number of anilines is 1. The Morgan fingerprint density at radius 1 is 0.897 bits per heavy atom. The van der Waals surface area contributed by atoms with Crippen molar-refractivity contribution in [3.8, 4) is 0 Å². The zero-order valence-corrected chi connectivity index (χ0v) is 18.0. The predicted molar refractivity (Wildman–Crippen MR) is 125 cm³/mol. The highest BCUT2D eigenvalue weighted by molar-refractivity contribution is 5.99. The van der Waals surface area contributed by atoms with Crippen LogP contribution in [0.25, 0.3) is 5.57 Å². The number of unbranched alkanes of at least 4 members (excludes halogenated alkanes) is 6. The molecule has 2 rings (SSSR count). The third-order valence-corrected chi connectivity index (χ3v) is 5.21. The fourth-order valence-electron chi connectivity index (χ4n) is 3.51. The van der Waals surface area contributed by atoms with Crippen molar-refractivity contribution in [2.75, 3.05) is 5.73 Å². The Labute approximate surface area is 176 Å². The first-order valence-corrected chi connectivity index (χ1v) is 11.0. The van der Waals surface area contributed by atoms with E-state index >= 15 is 0 Å². The maximum atomic E-state index is 12.7. The van der Waals surface area contributed by atoms with Crippen LogP contribution in [0.1, 0.15) is 76.3 Å². The van der Waals surface area contributed by atoms with Crippen LogP contribution in [0.3, 0.4) is 0 Å². The van der Waals surface area contributed by atoms with Gasteiger partial charge in [0.2, 0.25) is 5.91 Å². The van der Waals surface area contributed by atoms with Gasteiger partial charge in [-0.2, -0.15) is 0 Å². The molecular formula is C26H36N2O. The lowest BCUT2D eigenvalue weighted by molar-refractivity contribution is -0.117. The van der Waals surface area contributed by atoms with E-state index in [0.29, 0.717) is 5.69 Å². The van der Waals surface area contributed by atoms with E-state index in [1.807, 2.05) is 54.6 Å². The Morgan fingerprint density at radius 3 is 2.14 bits per heavy atom. The Hall–Kier alpha value is -2.55. The second kappa shape index (κ2) is 12.8. The lowest BCUT2D eigenvalue weighted by Gasteiger charge is -2.14. The third-order valence-electron chi connectivity index (χ3n) is 5.21. The number of nitrogens with two attached hydrogens (primary N) is 1. The van der Waals surface area contributed by atoms with Crippen LogP contribution >= 0.6 is 0 Å². The highest BCUT2D eigenvalue weighted by Crippen LogP contribution is 2.24. The van der Waals surface area contributed by atoms with Gasteiger partial charge in [-0.05, 0) is 42.2 Å². The molecule has 1 amide bonds. The number of rotatable bonds is 12. The summed E-state index contributed by atoms with van der Waals surface area (Å²) in [4.78, 5) is 12.7. The van der Waals surface area contributed by atoms with E-state index in [4.69, 9.17) is 5.73 Å². The molecule has 2 aromatic rings. The zero-order valence-electron chi connectivity index (χ0n) is 18.0. The summed E-state index contributed by atoms with van der Waals surface area (Å²) >= 11 is 0. The molecule has 0 aliphatic heterocycles. The fraction of sp³-hybridized carbons (Fsp3) is 0.423. The molecule has 0 aliphatic rings. The van der Waals surface area contributed by atoms with Crippen LogP contribution in [0.5, 0.6) is 0 Å². The minimum Gasteiger partial charge on any atom is -0.399 e. The number of hydrogen-bond donors (Lipinski definition) is 2. The quantitative estimate of drug-likeness (QED) is 0.251. The predicted octanol–water partition coefficient (Wildman–Crippen LogP) is 6.35. The van der Waals surface area contributed by atoms with Gasteiger partial charge in [0.05, 0.1) is 0 Å². The van der Waals surface area contributed by atoms with Gasteiger partial charge in [0.1, 0.15) is 0 Å². The number of nitrogen functional groups attached to an aromatic ring is 1. The SMILES string of the molecule is CCCCCCCCCC(C)NC(=O)C=C(c1ccccc1)c1ccc(N)cc1. The molecule has 3 heteroatoms. The molecule has 0 bridgehead atoms. The molecular weight excluding hydrogens is 356 g/mol. The van der Waals surface area contributed by atoms with E-state index in [1.165, 1.54) is 44.9 Å². The lowest BCUT2D eigenvalue weighted by Crippen LogP contribution is -2.31. The minimum absolute atomic E-state index is 0.0453. The third kappa shape index (κ3) is 8.55. The second-order valence-electron chi connectivity index (χ2n) is 7.87. The van der Waals surface area contributed by atoms with E-state index in [9.17, 15) is 4.79 Å². The highest BCUT2D eigenvalue weighted by Gasteiger charge is 2.10. The standard InChI is InChI=1S/C26H36N2O/c1-3-4-5-6-7-8-10-13-21(2)28-26(29)20-25(22-14-11-9-12-15-22)23-16-18-24(27)19-17-23/h9,11-12,14-21H,3-8,10,13,27H2,1-2H3,(H,28,29). The summed E-state index contributed by atoms with van der Waals surface area (Å²) in [6.07, 6.45) is 11.8. The van der Waals surface area contributed by atoms with Crippen LogP contribution in [0.2, 0.25) is 0 Å². The summed E-state index contributed by atoms with van der Waals surface area (Å²) in [5.74, 6) is -0.0453. The Morgan fingerprint density at radius 2 is 1.48 bits per heavy atom. The number of carbonyl (C=O) groups is 1. The number of nitrogens with one attached hydrogen (secondary N) is 1. The molecule has 3 nitrogen and oxygen atoms in total. The number of carbonyl (C=O) groups excluding carboxylic acids is 1. The molecule has 3 N–H and O–H groups in total. The van der Waals surface area contributed by atoms with Gasteiger partial charge in [-0.25, -0.2) is 0 Å². The molecule has 0 radical (unpaired) electrons. The molecule has 0 fully saturated rings. The first kappa shape index (κ1) is 22.7. The van der Waals surface area contributed by atoms with Crippen molar-refractivity contribution >= 4 is 17.2 Å². The van der Waals surface area contributed by atoms with E-state index in [-0.39, 0.29) is 11.9 Å². The largest absolute Gasteiger partial charge is 0.399 e. The molecule has 2 aromatic carbocycles. The van der Waals surface area contributed by atoms with Crippen LogP contribution < -0.4 is 11.1 Å². The zero-order chi connectivity index (χ0) is 20.9. The van der Waals surface area contributed by atoms with Crippen molar-refractivity contribution in [1.29, 1.82) is 0 Å². The normalized spacial score (nSPS) is 12.6. The first-order chi connectivity index (χ1) is 14.1. The van der Waals surface area contributed by atoms with Gasteiger partial charge in [0, 0.05) is 17.8 Å². The molecule has 0 aromatic heterocycles. The van der Waals surface area contributed by atoms with Crippen molar-refractivity contribution in [1.82, 2.24) is 5.32 Å². The van der Waals surface area contributed by atoms with Crippen LogP contribution in [-0.4, -0.2) is 11.9 Å². The van der Waals surface area contributed by atoms with Gasteiger partial charge < -0.3 is 11.1 Å². The number of hydrogen-bond acceptors (Lipinski definition) is 2. The molecule has 0 saturated heterocycles. The number of benzene rings is 2. The summed E-state index contributed by atoms with van der Waals surface area (Å²) in [7, 11) is 0. The fourth-order valence-corrected chi connectivity index (χ4v) is 3.51.